The molecule has 0 saturated heterocycles. The second kappa shape index (κ2) is 8.91. The van der Waals surface area contributed by atoms with E-state index in [-0.39, 0.29) is 5.56 Å². The second-order valence-corrected chi connectivity index (χ2v) is 7.94. The number of benzene rings is 3. The average Bonchev–Trinajstić information content (AvgIpc) is 2.78. The Hall–Kier alpha value is -3.16. The van der Waals surface area contributed by atoms with Crippen molar-refractivity contribution in [3.63, 3.8) is 0 Å². The summed E-state index contributed by atoms with van der Waals surface area (Å²) in [6, 6.07) is 17.9. The van der Waals surface area contributed by atoms with Gasteiger partial charge < -0.3 is 9.47 Å². The molecule has 8 heteroatoms. The van der Waals surface area contributed by atoms with Crippen molar-refractivity contribution in [2.45, 2.75) is 0 Å². The smallest absolute Gasteiger partial charge is 0.282 e. The SMILES string of the molecule is COc1ccc(-c2nc3ccc(Br)cc3c(=O)n2N=Cc2cccc(Cl)c2)cc1OC. The van der Waals surface area contributed by atoms with E-state index in [0.717, 1.165) is 10.0 Å². The van der Waals surface area contributed by atoms with Crippen LogP contribution in [0.1, 0.15) is 5.56 Å². The van der Waals surface area contributed by atoms with Gasteiger partial charge in [0, 0.05) is 15.1 Å². The Morgan fingerprint density at radius 3 is 2.58 bits per heavy atom. The third kappa shape index (κ3) is 4.33. The van der Waals surface area contributed by atoms with Gasteiger partial charge in [-0.25, -0.2) is 4.98 Å². The number of nitrogens with zero attached hydrogens (tertiary/aromatic N) is 3. The number of methoxy groups -OCH3 is 2. The molecule has 4 aromatic rings. The lowest BCUT2D eigenvalue weighted by Gasteiger charge is -2.12. The molecule has 31 heavy (non-hydrogen) atoms. The van der Waals surface area contributed by atoms with Crippen LogP contribution in [0.4, 0.5) is 0 Å². The Bertz CT molecular complexity index is 1370. The van der Waals surface area contributed by atoms with Crippen molar-refractivity contribution in [3.05, 3.63) is 86.1 Å². The summed E-state index contributed by atoms with van der Waals surface area (Å²) in [4.78, 5) is 18.1. The van der Waals surface area contributed by atoms with E-state index in [2.05, 4.69) is 21.0 Å². The highest BCUT2D eigenvalue weighted by Crippen LogP contribution is 2.32. The molecule has 0 radical (unpaired) electrons. The van der Waals surface area contributed by atoms with Crippen LogP contribution in [0.3, 0.4) is 0 Å². The van der Waals surface area contributed by atoms with Gasteiger partial charge in [-0.05, 0) is 54.1 Å². The number of ether oxygens (including phenoxy) is 2. The molecule has 1 aromatic heterocycles. The lowest BCUT2D eigenvalue weighted by atomic mass is 10.1. The Balaban J connectivity index is 1.96. The Morgan fingerprint density at radius 1 is 1.03 bits per heavy atom. The zero-order valence-electron chi connectivity index (χ0n) is 16.7. The molecular weight excluding hydrogens is 482 g/mol. The summed E-state index contributed by atoms with van der Waals surface area (Å²) in [6.45, 7) is 0. The van der Waals surface area contributed by atoms with Crippen LogP contribution in [-0.2, 0) is 0 Å². The van der Waals surface area contributed by atoms with Crippen molar-refractivity contribution in [3.8, 4) is 22.9 Å². The monoisotopic (exact) mass is 497 g/mol. The zero-order valence-corrected chi connectivity index (χ0v) is 19.0. The summed E-state index contributed by atoms with van der Waals surface area (Å²) in [7, 11) is 3.12. The minimum Gasteiger partial charge on any atom is -0.493 e. The van der Waals surface area contributed by atoms with E-state index in [9.17, 15) is 4.79 Å². The van der Waals surface area contributed by atoms with E-state index in [1.807, 2.05) is 18.2 Å². The van der Waals surface area contributed by atoms with Gasteiger partial charge in [0.2, 0.25) is 0 Å². The van der Waals surface area contributed by atoms with E-state index in [4.69, 9.17) is 26.1 Å². The molecule has 0 aliphatic rings. The largest absolute Gasteiger partial charge is 0.493 e. The molecule has 0 aliphatic carbocycles. The number of fused-ring (bicyclic) bond motifs is 1. The number of hydrogen-bond acceptors (Lipinski definition) is 5. The van der Waals surface area contributed by atoms with Crippen molar-refractivity contribution in [2.75, 3.05) is 14.2 Å². The van der Waals surface area contributed by atoms with Gasteiger partial charge >= 0.3 is 0 Å². The molecule has 0 unspecified atom stereocenters. The van der Waals surface area contributed by atoms with E-state index in [0.29, 0.717) is 38.8 Å². The normalized spacial score (nSPS) is 11.2. The fraction of sp³-hybridized carbons (Fsp3) is 0.0870. The van der Waals surface area contributed by atoms with Crippen LogP contribution in [0.15, 0.2) is 75.0 Å². The van der Waals surface area contributed by atoms with Crippen LogP contribution in [-0.4, -0.2) is 30.1 Å². The number of rotatable bonds is 5. The summed E-state index contributed by atoms with van der Waals surface area (Å²) in [5, 5.41) is 5.47. The van der Waals surface area contributed by atoms with Crippen molar-refractivity contribution in [1.82, 2.24) is 9.66 Å². The van der Waals surface area contributed by atoms with Crippen molar-refractivity contribution in [2.24, 2.45) is 5.10 Å². The van der Waals surface area contributed by atoms with Gasteiger partial charge in [0.15, 0.2) is 17.3 Å². The predicted molar refractivity (Wildman–Crippen MR) is 127 cm³/mol. The van der Waals surface area contributed by atoms with Gasteiger partial charge in [-0.1, -0.05) is 39.7 Å². The van der Waals surface area contributed by atoms with Crippen molar-refractivity contribution < 1.29 is 9.47 Å². The molecule has 0 bridgehead atoms. The number of halogens is 2. The fourth-order valence-corrected chi connectivity index (χ4v) is 3.69. The van der Waals surface area contributed by atoms with Crippen LogP contribution >= 0.6 is 27.5 Å². The highest BCUT2D eigenvalue weighted by molar-refractivity contribution is 9.10. The molecule has 1 heterocycles. The highest BCUT2D eigenvalue weighted by Gasteiger charge is 2.15. The van der Waals surface area contributed by atoms with Crippen LogP contribution in [0.5, 0.6) is 11.5 Å². The maximum absolute atomic E-state index is 13.3. The maximum Gasteiger partial charge on any atom is 0.282 e. The lowest BCUT2D eigenvalue weighted by Crippen LogP contribution is -2.20. The summed E-state index contributed by atoms with van der Waals surface area (Å²) in [6.07, 6.45) is 1.57. The third-order valence-electron chi connectivity index (χ3n) is 4.62. The fourth-order valence-electron chi connectivity index (χ4n) is 3.13. The number of aromatic nitrogens is 2. The molecule has 156 valence electrons. The van der Waals surface area contributed by atoms with E-state index in [1.165, 1.54) is 4.68 Å². The quantitative estimate of drug-likeness (QED) is 0.347. The first kappa shape index (κ1) is 21.1. The molecule has 0 atom stereocenters. The van der Waals surface area contributed by atoms with Gasteiger partial charge in [0.25, 0.3) is 5.56 Å². The van der Waals surface area contributed by atoms with Crippen LogP contribution in [0.2, 0.25) is 5.02 Å². The predicted octanol–water partition coefficient (Wildman–Crippen LogP) is 5.38. The first-order valence-electron chi connectivity index (χ1n) is 9.25. The standard InChI is InChI=1S/C23H17BrClN3O3/c1-30-20-9-6-15(11-21(20)31-2)22-27-19-8-7-16(24)12-18(19)23(29)28(22)26-13-14-4-3-5-17(25)10-14/h3-13H,1-2H3. The molecule has 0 aliphatic heterocycles. The van der Waals surface area contributed by atoms with E-state index < -0.39 is 0 Å². The van der Waals surface area contributed by atoms with Crippen LogP contribution in [0.25, 0.3) is 22.3 Å². The molecule has 0 N–H and O–H groups in total. The highest BCUT2D eigenvalue weighted by atomic mass is 79.9. The molecule has 4 rings (SSSR count). The molecular formula is C23H17BrClN3O3. The second-order valence-electron chi connectivity index (χ2n) is 6.58. The molecule has 0 spiro atoms. The minimum absolute atomic E-state index is 0.297. The van der Waals surface area contributed by atoms with Gasteiger partial charge in [0.1, 0.15) is 0 Å². The van der Waals surface area contributed by atoms with Crippen LogP contribution in [0, 0.1) is 0 Å². The zero-order chi connectivity index (χ0) is 22.0. The third-order valence-corrected chi connectivity index (χ3v) is 5.35. The summed E-state index contributed by atoms with van der Waals surface area (Å²) < 4.78 is 12.8. The lowest BCUT2D eigenvalue weighted by molar-refractivity contribution is 0.355. The van der Waals surface area contributed by atoms with Crippen molar-refractivity contribution >= 4 is 44.6 Å². The molecule has 0 amide bonds. The minimum atomic E-state index is -0.297. The van der Waals surface area contributed by atoms with Gasteiger partial charge in [-0.3, -0.25) is 4.79 Å². The van der Waals surface area contributed by atoms with Crippen molar-refractivity contribution in [1.29, 1.82) is 0 Å². The Kier molecular flexibility index (Phi) is 6.06. The van der Waals surface area contributed by atoms with Gasteiger partial charge in [-0.15, -0.1) is 0 Å². The maximum atomic E-state index is 13.3. The van der Waals surface area contributed by atoms with Crippen LogP contribution < -0.4 is 15.0 Å². The average molecular weight is 499 g/mol. The van der Waals surface area contributed by atoms with Gasteiger partial charge in [-0.2, -0.15) is 9.78 Å². The van der Waals surface area contributed by atoms with E-state index >= 15 is 0 Å². The summed E-state index contributed by atoms with van der Waals surface area (Å²) in [5.74, 6) is 1.47. The van der Waals surface area contributed by atoms with Gasteiger partial charge in [0.05, 0.1) is 31.3 Å². The first-order chi connectivity index (χ1) is 15.0. The topological polar surface area (TPSA) is 65.7 Å². The first-order valence-corrected chi connectivity index (χ1v) is 10.4. The molecule has 0 saturated carbocycles. The van der Waals surface area contributed by atoms with E-state index in [1.54, 1.807) is 62.9 Å². The Morgan fingerprint density at radius 2 is 1.84 bits per heavy atom. The summed E-state index contributed by atoms with van der Waals surface area (Å²) >= 11 is 9.48. The molecule has 0 fully saturated rings. The number of hydrogen-bond donors (Lipinski definition) is 0. The summed E-state index contributed by atoms with van der Waals surface area (Å²) in [5.41, 5.74) is 1.68. The molecule has 6 nitrogen and oxygen atoms in total. The molecule has 3 aromatic carbocycles. The Labute approximate surface area is 191 Å².